The molecule has 2 aromatic heterocycles. The Morgan fingerprint density at radius 3 is 2.53 bits per heavy atom. The van der Waals surface area contributed by atoms with Gasteiger partial charge in [-0.15, -0.1) is 11.3 Å². The number of thiophene rings is 1. The summed E-state index contributed by atoms with van der Waals surface area (Å²) >= 11 is 7.57. The van der Waals surface area contributed by atoms with Gasteiger partial charge in [0, 0.05) is 16.7 Å². The molecule has 0 fully saturated rings. The molecule has 5 aromatic rings. The van der Waals surface area contributed by atoms with Crippen LogP contribution in [0.15, 0.2) is 73.1 Å². The Hall–Kier alpha value is -4.01. The molecule has 0 spiro atoms. The Morgan fingerprint density at radius 2 is 1.81 bits per heavy atom. The van der Waals surface area contributed by atoms with Crippen LogP contribution < -0.4 is 20.9 Å². The van der Waals surface area contributed by atoms with E-state index >= 15 is 0 Å². The summed E-state index contributed by atoms with van der Waals surface area (Å²) in [6.45, 7) is 1.88. The lowest BCUT2D eigenvalue weighted by Crippen LogP contribution is -2.12. The van der Waals surface area contributed by atoms with Crippen molar-refractivity contribution in [2.75, 3.05) is 12.8 Å². The normalized spacial score (nSPS) is 12.0. The molecular weight excluding hydrogens is 496 g/mol. The number of imidazole rings is 1. The first-order chi connectivity index (χ1) is 17.4. The van der Waals surface area contributed by atoms with E-state index in [-0.39, 0.29) is 6.10 Å². The number of fused-ring (bicyclic) bond motifs is 1. The SMILES string of the molecule is COc1ccc(-c2ccc3c(c2)ncn3-c2cc(O[C@H](C)c3ccccc3Cl)c(C(N)=O)s2)cc1N. The van der Waals surface area contributed by atoms with Gasteiger partial charge in [-0.2, -0.15) is 0 Å². The molecule has 0 unspecified atom stereocenters. The number of nitrogens with zero attached hydrogens (tertiary/aromatic N) is 2. The summed E-state index contributed by atoms with van der Waals surface area (Å²) in [6.07, 6.45) is 1.34. The minimum atomic E-state index is -0.559. The molecule has 3 aromatic carbocycles. The van der Waals surface area contributed by atoms with Gasteiger partial charge in [-0.05, 0) is 48.4 Å². The molecule has 36 heavy (non-hydrogen) atoms. The van der Waals surface area contributed by atoms with E-state index in [1.165, 1.54) is 11.3 Å². The van der Waals surface area contributed by atoms with Gasteiger partial charge in [0.05, 0.1) is 23.8 Å². The van der Waals surface area contributed by atoms with E-state index in [9.17, 15) is 4.79 Å². The predicted octanol–water partition coefficient (Wildman–Crippen LogP) is 6.24. The third kappa shape index (κ3) is 4.36. The third-order valence-electron chi connectivity index (χ3n) is 5.90. The second-order valence-electron chi connectivity index (χ2n) is 8.20. The van der Waals surface area contributed by atoms with E-state index in [1.807, 2.05) is 66.1 Å². The molecule has 7 nitrogen and oxygen atoms in total. The van der Waals surface area contributed by atoms with E-state index in [4.69, 9.17) is 32.5 Å². The maximum absolute atomic E-state index is 12.2. The van der Waals surface area contributed by atoms with Gasteiger partial charge in [-0.3, -0.25) is 9.36 Å². The van der Waals surface area contributed by atoms with Crippen molar-refractivity contribution in [1.82, 2.24) is 9.55 Å². The number of halogens is 1. The minimum Gasteiger partial charge on any atom is -0.495 e. The largest absolute Gasteiger partial charge is 0.495 e. The van der Waals surface area contributed by atoms with Crippen LogP contribution in [0.3, 0.4) is 0 Å². The fourth-order valence-corrected chi connectivity index (χ4v) is 5.30. The summed E-state index contributed by atoms with van der Waals surface area (Å²) in [7, 11) is 1.59. The number of carbonyl (C=O) groups is 1. The third-order valence-corrected chi connectivity index (χ3v) is 7.38. The molecule has 5 rings (SSSR count). The first kappa shape index (κ1) is 23.7. The molecule has 0 saturated heterocycles. The quantitative estimate of drug-likeness (QED) is 0.248. The van der Waals surface area contributed by atoms with Crippen molar-refractivity contribution in [3.63, 3.8) is 0 Å². The summed E-state index contributed by atoms with van der Waals surface area (Å²) < 4.78 is 13.3. The molecular formula is C27H23ClN4O3S. The Bertz CT molecular complexity index is 1590. The molecule has 182 valence electrons. The number of benzene rings is 3. The Labute approximate surface area is 216 Å². The molecule has 0 aliphatic carbocycles. The zero-order valence-electron chi connectivity index (χ0n) is 19.6. The number of hydrogen-bond acceptors (Lipinski definition) is 6. The number of nitrogen functional groups attached to an aromatic ring is 1. The van der Waals surface area contributed by atoms with Gasteiger partial charge in [0.25, 0.3) is 5.91 Å². The number of anilines is 1. The average Bonchev–Trinajstić information content (AvgIpc) is 3.48. The molecule has 0 aliphatic rings. The van der Waals surface area contributed by atoms with Crippen molar-refractivity contribution in [3.05, 3.63) is 88.5 Å². The number of hydrogen-bond donors (Lipinski definition) is 2. The van der Waals surface area contributed by atoms with Crippen LogP contribution in [-0.4, -0.2) is 22.6 Å². The lowest BCUT2D eigenvalue weighted by atomic mass is 10.0. The molecule has 0 bridgehead atoms. The van der Waals surface area contributed by atoms with Crippen LogP contribution in [0.1, 0.15) is 28.3 Å². The van der Waals surface area contributed by atoms with Crippen molar-refractivity contribution in [2.45, 2.75) is 13.0 Å². The number of methoxy groups -OCH3 is 1. The predicted molar refractivity (Wildman–Crippen MR) is 144 cm³/mol. The molecule has 4 N–H and O–H groups in total. The molecule has 9 heteroatoms. The van der Waals surface area contributed by atoms with Crippen LogP contribution in [-0.2, 0) is 0 Å². The fourth-order valence-electron chi connectivity index (χ4n) is 4.08. The van der Waals surface area contributed by atoms with Crippen molar-refractivity contribution >= 4 is 45.6 Å². The van der Waals surface area contributed by atoms with Gasteiger partial charge in [0.15, 0.2) is 0 Å². The molecule has 0 saturated carbocycles. The fraction of sp³-hybridized carbons (Fsp3) is 0.111. The second kappa shape index (κ2) is 9.56. The first-order valence-electron chi connectivity index (χ1n) is 11.1. The van der Waals surface area contributed by atoms with Crippen LogP contribution in [0.2, 0.25) is 5.02 Å². The Morgan fingerprint density at radius 1 is 1.06 bits per heavy atom. The number of primary amides is 1. The Kier molecular flexibility index (Phi) is 6.30. The summed E-state index contributed by atoms with van der Waals surface area (Å²) in [4.78, 5) is 17.1. The van der Waals surface area contributed by atoms with Crippen molar-refractivity contribution in [2.24, 2.45) is 5.73 Å². The van der Waals surface area contributed by atoms with Crippen molar-refractivity contribution in [1.29, 1.82) is 0 Å². The number of nitrogens with two attached hydrogens (primary N) is 2. The number of ether oxygens (including phenoxy) is 2. The highest BCUT2D eigenvalue weighted by molar-refractivity contribution is 7.16. The van der Waals surface area contributed by atoms with E-state index in [0.717, 1.165) is 32.7 Å². The second-order valence-corrected chi connectivity index (χ2v) is 9.64. The van der Waals surface area contributed by atoms with Crippen LogP contribution >= 0.6 is 22.9 Å². The number of amides is 1. The van der Waals surface area contributed by atoms with Crippen molar-refractivity contribution < 1.29 is 14.3 Å². The van der Waals surface area contributed by atoms with Crippen molar-refractivity contribution in [3.8, 4) is 27.6 Å². The standard InChI is InChI=1S/C27H23ClN4O3S/c1-15(18-5-3-4-6-19(18)28)35-24-13-25(36-26(24)27(30)33)32-14-31-21-12-17(7-9-22(21)32)16-8-10-23(34-2)20(29)11-16/h3-15H,29H2,1-2H3,(H2,30,33)/t15-/m1/s1. The molecule has 2 heterocycles. The van der Waals surface area contributed by atoms with Gasteiger partial charge in [0.1, 0.15) is 33.8 Å². The molecule has 1 amide bonds. The highest BCUT2D eigenvalue weighted by Crippen LogP contribution is 2.37. The zero-order chi connectivity index (χ0) is 25.4. The lowest BCUT2D eigenvalue weighted by molar-refractivity contribution is 0.0998. The van der Waals surface area contributed by atoms with Gasteiger partial charge in [-0.25, -0.2) is 4.98 Å². The number of aromatic nitrogens is 2. The highest BCUT2D eigenvalue weighted by Gasteiger charge is 2.21. The molecule has 1 atom stereocenters. The maximum atomic E-state index is 12.2. The minimum absolute atomic E-state index is 0.330. The van der Waals surface area contributed by atoms with Gasteiger partial charge < -0.3 is 20.9 Å². The summed E-state index contributed by atoms with van der Waals surface area (Å²) in [5, 5.41) is 1.35. The van der Waals surface area contributed by atoms with Crippen LogP contribution in [0.25, 0.3) is 27.2 Å². The van der Waals surface area contributed by atoms with E-state index in [1.54, 1.807) is 25.6 Å². The summed E-state index contributed by atoms with van der Waals surface area (Å²) in [6, 6.07) is 20.9. The molecule has 0 aliphatic heterocycles. The highest BCUT2D eigenvalue weighted by atomic mass is 35.5. The maximum Gasteiger partial charge on any atom is 0.262 e. The van der Waals surface area contributed by atoms with Crippen LogP contribution in [0.5, 0.6) is 11.5 Å². The van der Waals surface area contributed by atoms with E-state index in [2.05, 4.69) is 4.98 Å². The summed E-state index contributed by atoms with van der Waals surface area (Å²) in [5.74, 6) is 0.479. The van der Waals surface area contributed by atoms with Crippen LogP contribution in [0.4, 0.5) is 5.69 Å². The van der Waals surface area contributed by atoms with Gasteiger partial charge in [-0.1, -0.05) is 41.9 Å². The average molecular weight is 519 g/mol. The Balaban J connectivity index is 1.49. The number of carbonyl (C=O) groups excluding carboxylic acids is 1. The topological polar surface area (TPSA) is 105 Å². The lowest BCUT2D eigenvalue weighted by Gasteiger charge is -2.16. The number of rotatable bonds is 7. The van der Waals surface area contributed by atoms with Crippen LogP contribution in [0, 0.1) is 0 Å². The zero-order valence-corrected chi connectivity index (χ0v) is 21.1. The van der Waals surface area contributed by atoms with Gasteiger partial charge >= 0.3 is 0 Å². The summed E-state index contributed by atoms with van der Waals surface area (Å²) in [5.41, 5.74) is 16.8. The first-order valence-corrected chi connectivity index (χ1v) is 12.3. The van der Waals surface area contributed by atoms with E-state index < -0.39 is 5.91 Å². The monoisotopic (exact) mass is 518 g/mol. The molecule has 0 radical (unpaired) electrons. The smallest absolute Gasteiger partial charge is 0.262 e. The van der Waals surface area contributed by atoms with Gasteiger partial charge in [0.2, 0.25) is 0 Å². The van der Waals surface area contributed by atoms with E-state index in [0.29, 0.717) is 27.1 Å².